The Balaban J connectivity index is -0.0000000348. The van der Waals surface area contributed by atoms with Crippen molar-refractivity contribution < 1.29 is 120 Å². The van der Waals surface area contributed by atoms with E-state index in [1.165, 1.54) is 0 Å². The third-order valence-electron chi connectivity index (χ3n) is 2.73. The van der Waals surface area contributed by atoms with E-state index in [0.29, 0.717) is 0 Å². The average molecular weight is 810 g/mol. The van der Waals surface area contributed by atoms with Crippen molar-refractivity contribution in [2.45, 2.75) is 104 Å². The van der Waals surface area contributed by atoms with Crippen LogP contribution in [0.3, 0.4) is 0 Å². The number of aliphatic carboxylic acids is 8. The quantitative estimate of drug-likeness (QED) is 0.106. The SMILES string of the molecule is CC(O)C(=O)[O-].CC(O)C(=O)[O-].CC(O)C(=O)[O-].CC(O)C(=O)[O-].CC(O)C(=O)[O-].CC(O)C(=O)[O-].CC(O)C(=O)[O-].CC(O)C(=O)[O-].[Mg+2].[Mg+2].[Mg+2].[Mg+2]. The van der Waals surface area contributed by atoms with E-state index in [1.54, 1.807) is 0 Å². The summed E-state index contributed by atoms with van der Waals surface area (Å²) in [7, 11) is 0. The van der Waals surface area contributed by atoms with E-state index in [-0.39, 0.29) is 92.2 Å². The Morgan fingerprint density at radius 3 is 0.269 bits per heavy atom. The Kier molecular flexibility index (Phi) is 86.5. The zero-order valence-electron chi connectivity index (χ0n) is 29.6. The normalized spacial score (nSPS) is 12.6. The molecule has 52 heavy (non-hydrogen) atoms. The average Bonchev–Trinajstić information content (AvgIpc) is 2.90. The van der Waals surface area contributed by atoms with Crippen molar-refractivity contribution in [3.63, 3.8) is 0 Å². The van der Waals surface area contributed by atoms with Gasteiger partial charge in [-0.05, 0) is 55.4 Å². The predicted octanol–water partition coefficient (Wildman–Crippen LogP) is -16.6. The number of carbonyl (C=O) groups excluding carboxylic acids is 8. The van der Waals surface area contributed by atoms with E-state index >= 15 is 0 Å². The fourth-order valence-electron chi connectivity index (χ4n) is 0. The second-order valence-electron chi connectivity index (χ2n) is 7.96. The molecule has 0 fully saturated rings. The molecule has 0 aromatic carbocycles. The van der Waals surface area contributed by atoms with Gasteiger partial charge in [-0.15, -0.1) is 0 Å². The number of hydrogen-bond donors (Lipinski definition) is 8. The molecule has 0 saturated heterocycles. The summed E-state index contributed by atoms with van der Waals surface area (Å²) in [4.78, 5) is 74.7. The van der Waals surface area contributed by atoms with Gasteiger partial charge in [0.05, 0.1) is 96.6 Å². The maximum atomic E-state index is 9.34. The van der Waals surface area contributed by atoms with Gasteiger partial charge in [0.2, 0.25) is 0 Å². The molecule has 0 saturated carbocycles. The van der Waals surface area contributed by atoms with Crippen LogP contribution in [-0.2, 0) is 38.4 Å². The predicted molar refractivity (Wildman–Crippen MR) is 157 cm³/mol. The zero-order valence-corrected chi connectivity index (χ0v) is 35.2. The molecule has 0 radical (unpaired) electrons. The van der Waals surface area contributed by atoms with Crippen LogP contribution < -0.4 is 40.9 Å². The van der Waals surface area contributed by atoms with Crippen molar-refractivity contribution in [2.75, 3.05) is 0 Å². The topological polar surface area (TPSA) is 483 Å². The summed E-state index contributed by atoms with van der Waals surface area (Å²) >= 11 is 0. The minimum absolute atomic E-state index is 0. The maximum Gasteiger partial charge on any atom is 2.00 e. The molecule has 8 N–H and O–H groups in total. The summed E-state index contributed by atoms with van der Waals surface area (Å²) in [6.45, 7) is 9.07. The summed E-state index contributed by atoms with van der Waals surface area (Å²) in [6.07, 6.45) is -10.7. The number of rotatable bonds is 8. The number of carboxylic acid groups (broad SMARTS) is 8. The van der Waals surface area contributed by atoms with Gasteiger partial charge >= 0.3 is 92.2 Å². The van der Waals surface area contributed by atoms with Crippen LogP contribution in [0, 0.1) is 0 Å². The summed E-state index contributed by atoms with van der Waals surface area (Å²) < 4.78 is 0. The van der Waals surface area contributed by atoms with Gasteiger partial charge in [0.25, 0.3) is 0 Å². The third kappa shape index (κ3) is 118. The fraction of sp³-hybridized carbons (Fsp3) is 0.667. The van der Waals surface area contributed by atoms with Gasteiger partial charge in [-0.1, -0.05) is 0 Å². The molecule has 0 spiro atoms. The Labute approximate surface area is 361 Å². The van der Waals surface area contributed by atoms with Crippen molar-refractivity contribution in [3.05, 3.63) is 0 Å². The first-order chi connectivity index (χ1) is 21.1. The van der Waals surface area contributed by atoms with Crippen LogP contribution in [0.2, 0.25) is 0 Å². The fourth-order valence-corrected chi connectivity index (χ4v) is 0. The van der Waals surface area contributed by atoms with Crippen molar-refractivity contribution in [1.82, 2.24) is 0 Å². The zero-order chi connectivity index (χ0) is 41.2. The Morgan fingerprint density at radius 1 is 0.250 bits per heavy atom. The molecule has 24 nitrogen and oxygen atoms in total. The second-order valence-corrected chi connectivity index (χ2v) is 7.96. The molecule has 0 amide bonds. The number of carbonyl (C=O) groups is 8. The number of carboxylic acids is 8. The van der Waals surface area contributed by atoms with Crippen LogP contribution in [0.25, 0.3) is 0 Å². The summed E-state index contributed by atoms with van der Waals surface area (Å²) in [5.74, 6) is -11.5. The van der Waals surface area contributed by atoms with Gasteiger partial charge in [0.1, 0.15) is 0 Å². The minimum atomic E-state index is -1.44. The van der Waals surface area contributed by atoms with Gasteiger partial charge in [-0.2, -0.15) is 0 Å². The smallest absolute Gasteiger partial charge is 0.547 e. The van der Waals surface area contributed by atoms with Gasteiger partial charge in [-0.25, -0.2) is 0 Å². The molecule has 8 atom stereocenters. The third-order valence-corrected chi connectivity index (χ3v) is 2.73. The van der Waals surface area contributed by atoms with Crippen molar-refractivity contribution in [1.29, 1.82) is 0 Å². The molecule has 0 aromatic heterocycles. The molecule has 0 heterocycles. The molecule has 0 bridgehead atoms. The van der Waals surface area contributed by atoms with Crippen LogP contribution in [0.1, 0.15) is 55.4 Å². The first-order valence-corrected chi connectivity index (χ1v) is 12.3. The first kappa shape index (κ1) is 83.5. The molecule has 0 aromatic rings. The second kappa shape index (κ2) is 53.9. The van der Waals surface area contributed by atoms with Crippen LogP contribution in [0.5, 0.6) is 0 Å². The van der Waals surface area contributed by atoms with Crippen LogP contribution in [0.4, 0.5) is 0 Å². The largest absolute Gasteiger partial charge is 2.00 e. The van der Waals surface area contributed by atoms with Crippen molar-refractivity contribution >= 4 is 140 Å². The molecule has 8 unspecified atom stereocenters. The summed E-state index contributed by atoms with van der Waals surface area (Å²) in [6, 6.07) is 0. The molecule has 0 aliphatic carbocycles. The maximum absolute atomic E-state index is 9.34. The van der Waals surface area contributed by atoms with Crippen molar-refractivity contribution in [3.8, 4) is 0 Å². The van der Waals surface area contributed by atoms with Crippen LogP contribution >= 0.6 is 0 Å². The van der Waals surface area contributed by atoms with E-state index in [1.807, 2.05) is 0 Å². The molecular formula is C24H40Mg4O24. The summed E-state index contributed by atoms with van der Waals surface area (Å²) in [5, 5.41) is 138. The van der Waals surface area contributed by atoms with E-state index in [4.69, 9.17) is 40.9 Å². The molecule has 0 aliphatic rings. The van der Waals surface area contributed by atoms with Crippen molar-refractivity contribution in [2.24, 2.45) is 0 Å². The number of hydrogen-bond acceptors (Lipinski definition) is 24. The minimum Gasteiger partial charge on any atom is -0.547 e. The van der Waals surface area contributed by atoms with E-state index in [2.05, 4.69) is 0 Å². The van der Waals surface area contributed by atoms with E-state index in [0.717, 1.165) is 55.4 Å². The van der Waals surface area contributed by atoms with E-state index in [9.17, 15) is 79.2 Å². The first-order valence-electron chi connectivity index (χ1n) is 12.3. The molecule has 0 aliphatic heterocycles. The van der Waals surface area contributed by atoms with Gasteiger partial charge in [0, 0.05) is 0 Å². The number of aliphatic hydroxyl groups excluding tert-OH is 8. The van der Waals surface area contributed by atoms with Crippen LogP contribution in [0.15, 0.2) is 0 Å². The standard InChI is InChI=1S/8C3H6O3.4Mg/c8*1-2(4)3(5)6;;;;/h8*2,4H,1H3,(H,5,6);;;;/q;;;;;;;;4*+2/p-8. The Bertz CT molecular complexity index is 693. The van der Waals surface area contributed by atoms with Gasteiger partial charge in [-0.3, -0.25) is 0 Å². The van der Waals surface area contributed by atoms with Gasteiger partial charge in [0.15, 0.2) is 0 Å². The van der Waals surface area contributed by atoms with Gasteiger partial charge < -0.3 is 120 Å². The Morgan fingerprint density at radius 2 is 0.269 bits per heavy atom. The number of aliphatic hydroxyl groups is 8. The van der Waals surface area contributed by atoms with E-state index < -0.39 is 96.6 Å². The molecule has 28 heteroatoms. The molecular weight excluding hydrogens is 769 g/mol. The molecule has 0 rings (SSSR count). The Hall–Kier alpha value is -1.50. The summed E-state index contributed by atoms with van der Waals surface area (Å²) in [5.41, 5.74) is 0. The monoisotopic (exact) mass is 808 g/mol. The molecule has 288 valence electrons. The van der Waals surface area contributed by atoms with Crippen LogP contribution in [-0.4, -0.2) is 230 Å².